The van der Waals surface area contributed by atoms with Crippen LogP contribution in [0.1, 0.15) is 52.9 Å². The minimum Gasteiger partial charge on any atom is -0.393 e. The second-order valence-electron chi connectivity index (χ2n) is 7.36. The molecule has 16 heavy (non-hydrogen) atoms. The highest BCUT2D eigenvalue weighted by Crippen LogP contribution is 2.65. The normalized spacial score (nSPS) is 53.8. The Morgan fingerprint density at radius 2 is 1.81 bits per heavy atom. The van der Waals surface area contributed by atoms with Crippen LogP contribution in [0, 0.1) is 22.2 Å². The third-order valence-corrected chi connectivity index (χ3v) is 5.86. The van der Waals surface area contributed by atoms with Crippen LogP contribution in [0.3, 0.4) is 0 Å². The van der Waals surface area contributed by atoms with E-state index < -0.39 is 0 Å². The highest BCUT2D eigenvalue weighted by molar-refractivity contribution is 5.23. The van der Waals surface area contributed by atoms with Gasteiger partial charge in [0.2, 0.25) is 0 Å². The summed E-state index contributed by atoms with van der Waals surface area (Å²) >= 11 is 0. The lowest BCUT2D eigenvalue weighted by molar-refractivity contribution is -0.104. The maximum absolute atomic E-state index is 10.2. The molecule has 4 atom stereocenters. The molecule has 3 aliphatic rings. The minimum atomic E-state index is -0.0591. The molecule has 1 spiro atoms. The van der Waals surface area contributed by atoms with E-state index in [0.29, 0.717) is 10.8 Å². The van der Waals surface area contributed by atoms with Crippen molar-refractivity contribution in [1.29, 1.82) is 0 Å². The van der Waals surface area contributed by atoms with Crippen molar-refractivity contribution in [2.75, 3.05) is 0 Å². The number of rotatable bonds is 0. The van der Waals surface area contributed by atoms with E-state index in [9.17, 15) is 5.11 Å². The van der Waals surface area contributed by atoms with Crippen LogP contribution in [0.15, 0.2) is 12.2 Å². The Balaban J connectivity index is 1.98. The lowest BCUT2D eigenvalue weighted by Crippen LogP contribution is -2.51. The Morgan fingerprint density at radius 1 is 1.06 bits per heavy atom. The third-order valence-electron chi connectivity index (χ3n) is 5.86. The smallest absolute Gasteiger partial charge is 0.0594 e. The SMILES string of the molecule is CC1(C)C=C[C@]23CC[C@@H](O)[C@](C)(CC[C@@H]12)C3. The second-order valence-corrected chi connectivity index (χ2v) is 7.36. The predicted molar refractivity (Wildman–Crippen MR) is 66.0 cm³/mol. The molecule has 1 heteroatoms. The van der Waals surface area contributed by atoms with Gasteiger partial charge in [-0.15, -0.1) is 0 Å². The maximum Gasteiger partial charge on any atom is 0.0594 e. The first kappa shape index (κ1) is 10.8. The minimum absolute atomic E-state index is 0.0591. The van der Waals surface area contributed by atoms with Gasteiger partial charge in [-0.05, 0) is 54.3 Å². The second kappa shape index (κ2) is 2.93. The Bertz CT molecular complexity index is 343. The quantitative estimate of drug-likeness (QED) is 0.619. The van der Waals surface area contributed by atoms with Crippen LogP contribution >= 0.6 is 0 Å². The third kappa shape index (κ3) is 1.21. The first-order valence-corrected chi connectivity index (χ1v) is 6.77. The molecule has 0 aromatic heterocycles. The van der Waals surface area contributed by atoms with Crippen molar-refractivity contribution < 1.29 is 5.11 Å². The fourth-order valence-corrected chi connectivity index (χ4v) is 4.89. The molecular formula is C15H24O. The molecule has 3 rings (SSSR count). The van der Waals surface area contributed by atoms with Gasteiger partial charge < -0.3 is 5.11 Å². The molecule has 0 aromatic carbocycles. The Labute approximate surface area is 98.9 Å². The van der Waals surface area contributed by atoms with Gasteiger partial charge in [-0.25, -0.2) is 0 Å². The average Bonchev–Trinajstić information content (AvgIpc) is 2.46. The lowest BCUT2D eigenvalue weighted by atomic mass is 9.49. The largest absolute Gasteiger partial charge is 0.393 e. The number of aliphatic hydroxyl groups excluding tert-OH is 1. The van der Waals surface area contributed by atoms with E-state index in [1.165, 1.54) is 25.7 Å². The summed E-state index contributed by atoms with van der Waals surface area (Å²) in [5.41, 5.74) is 0.999. The molecule has 2 saturated carbocycles. The zero-order valence-corrected chi connectivity index (χ0v) is 10.8. The number of hydrogen-bond donors (Lipinski definition) is 1. The number of aliphatic hydroxyl groups is 1. The topological polar surface area (TPSA) is 20.2 Å². The van der Waals surface area contributed by atoms with Crippen molar-refractivity contribution >= 4 is 0 Å². The molecule has 2 bridgehead atoms. The van der Waals surface area contributed by atoms with Gasteiger partial charge in [0.15, 0.2) is 0 Å². The van der Waals surface area contributed by atoms with E-state index in [1.54, 1.807) is 0 Å². The standard InChI is InChI=1S/C15H24O/c1-13(2)8-9-15-7-5-12(16)14(3,10-15)6-4-11(13)15/h8-9,11-12,16H,4-7,10H2,1-3H3/t11-,12+,14+,15-/m0/s1. The first-order chi connectivity index (χ1) is 7.38. The Morgan fingerprint density at radius 3 is 2.56 bits per heavy atom. The summed E-state index contributed by atoms with van der Waals surface area (Å²) in [5, 5.41) is 10.2. The van der Waals surface area contributed by atoms with Crippen LogP contribution in [-0.2, 0) is 0 Å². The fraction of sp³-hybridized carbons (Fsp3) is 0.867. The van der Waals surface area contributed by atoms with Gasteiger partial charge in [-0.3, -0.25) is 0 Å². The van der Waals surface area contributed by atoms with Crippen molar-refractivity contribution in [3.8, 4) is 0 Å². The van der Waals surface area contributed by atoms with E-state index in [-0.39, 0.29) is 11.5 Å². The van der Waals surface area contributed by atoms with Crippen molar-refractivity contribution in [2.45, 2.75) is 59.0 Å². The van der Waals surface area contributed by atoms with E-state index in [1.807, 2.05) is 0 Å². The van der Waals surface area contributed by atoms with E-state index >= 15 is 0 Å². The van der Waals surface area contributed by atoms with Gasteiger partial charge in [0, 0.05) is 0 Å². The van der Waals surface area contributed by atoms with E-state index in [2.05, 4.69) is 32.9 Å². The summed E-state index contributed by atoms with van der Waals surface area (Å²) < 4.78 is 0. The molecule has 0 aliphatic heterocycles. The summed E-state index contributed by atoms with van der Waals surface area (Å²) in [6, 6.07) is 0. The average molecular weight is 220 g/mol. The molecular weight excluding hydrogens is 196 g/mol. The van der Waals surface area contributed by atoms with Crippen molar-refractivity contribution in [2.24, 2.45) is 22.2 Å². The van der Waals surface area contributed by atoms with Crippen molar-refractivity contribution in [1.82, 2.24) is 0 Å². The lowest BCUT2D eigenvalue weighted by Gasteiger charge is -2.56. The monoisotopic (exact) mass is 220 g/mol. The van der Waals surface area contributed by atoms with Crippen molar-refractivity contribution in [3.05, 3.63) is 12.2 Å². The van der Waals surface area contributed by atoms with Gasteiger partial charge in [0.05, 0.1) is 6.10 Å². The summed E-state index contributed by atoms with van der Waals surface area (Å²) in [7, 11) is 0. The zero-order chi connectivity index (χ0) is 11.6. The highest BCUT2D eigenvalue weighted by Gasteiger charge is 2.58. The number of allylic oxidation sites excluding steroid dienone is 2. The molecule has 1 nitrogen and oxygen atoms in total. The van der Waals surface area contributed by atoms with Gasteiger partial charge >= 0.3 is 0 Å². The Hall–Kier alpha value is -0.300. The first-order valence-electron chi connectivity index (χ1n) is 6.77. The molecule has 0 saturated heterocycles. The highest BCUT2D eigenvalue weighted by atomic mass is 16.3. The van der Waals surface area contributed by atoms with Gasteiger partial charge in [-0.2, -0.15) is 0 Å². The van der Waals surface area contributed by atoms with Crippen LogP contribution in [0.25, 0.3) is 0 Å². The van der Waals surface area contributed by atoms with Gasteiger partial charge in [-0.1, -0.05) is 32.9 Å². The Kier molecular flexibility index (Phi) is 1.98. The number of fused-ring (bicyclic) bond motifs is 1. The van der Waals surface area contributed by atoms with Crippen molar-refractivity contribution in [3.63, 3.8) is 0 Å². The zero-order valence-electron chi connectivity index (χ0n) is 10.8. The van der Waals surface area contributed by atoms with Gasteiger partial charge in [0.1, 0.15) is 0 Å². The van der Waals surface area contributed by atoms with Crippen LogP contribution in [0.5, 0.6) is 0 Å². The van der Waals surface area contributed by atoms with Crippen LogP contribution in [-0.4, -0.2) is 11.2 Å². The van der Waals surface area contributed by atoms with E-state index in [4.69, 9.17) is 0 Å². The molecule has 0 heterocycles. The van der Waals surface area contributed by atoms with Crippen LogP contribution in [0.4, 0.5) is 0 Å². The molecule has 0 unspecified atom stereocenters. The summed E-state index contributed by atoms with van der Waals surface area (Å²) in [6.07, 6.45) is 10.8. The van der Waals surface area contributed by atoms with E-state index in [0.717, 1.165) is 12.3 Å². The molecule has 3 aliphatic carbocycles. The molecule has 1 N–H and O–H groups in total. The maximum atomic E-state index is 10.2. The molecule has 0 amide bonds. The van der Waals surface area contributed by atoms with Gasteiger partial charge in [0.25, 0.3) is 0 Å². The van der Waals surface area contributed by atoms with Crippen LogP contribution < -0.4 is 0 Å². The molecule has 0 radical (unpaired) electrons. The summed E-state index contributed by atoms with van der Waals surface area (Å²) in [5.74, 6) is 0.820. The number of hydrogen-bond acceptors (Lipinski definition) is 1. The van der Waals surface area contributed by atoms with Crippen LogP contribution in [0.2, 0.25) is 0 Å². The predicted octanol–water partition coefficient (Wildman–Crippen LogP) is 3.53. The fourth-order valence-electron chi connectivity index (χ4n) is 4.89. The molecule has 2 fully saturated rings. The summed E-state index contributed by atoms with van der Waals surface area (Å²) in [6.45, 7) is 7.07. The molecule has 90 valence electrons. The summed E-state index contributed by atoms with van der Waals surface area (Å²) in [4.78, 5) is 0. The molecule has 0 aromatic rings.